The van der Waals surface area contributed by atoms with Crippen molar-refractivity contribution in [3.05, 3.63) is 102 Å². The molecule has 0 aromatic heterocycles. The zero-order valence-electron chi connectivity index (χ0n) is 18.8. The third-order valence-corrected chi connectivity index (χ3v) is 8.54. The highest BCUT2D eigenvalue weighted by molar-refractivity contribution is 7.89. The molecule has 0 spiro atoms. The second-order valence-corrected chi connectivity index (χ2v) is 10.8. The van der Waals surface area contributed by atoms with Crippen molar-refractivity contribution in [1.82, 2.24) is 4.31 Å². The first-order valence-electron chi connectivity index (χ1n) is 11.2. The number of rotatable bonds is 6. The smallest absolute Gasteiger partial charge is 0.243 e. The van der Waals surface area contributed by atoms with E-state index in [9.17, 15) is 8.42 Å². The predicted octanol–water partition coefficient (Wildman–Crippen LogP) is 5.34. The number of nitrogens with zero attached hydrogens (tertiary/aromatic N) is 1. The Balaban J connectivity index is 1.46. The topological polar surface area (TPSA) is 58.6 Å². The van der Waals surface area contributed by atoms with E-state index in [2.05, 4.69) is 29.6 Å². The van der Waals surface area contributed by atoms with Crippen LogP contribution in [-0.2, 0) is 16.6 Å². The SMILES string of the molecule is COc1cccc(C2Nc3ccc(S(=O)(=O)N(C)Cc4ccccc4)cc3C3C=CCC32)c1. The van der Waals surface area contributed by atoms with E-state index in [0.29, 0.717) is 17.4 Å². The third kappa shape index (κ3) is 4.05. The zero-order chi connectivity index (χ0) is 23.0. The summed E-state index contributed by atoms with van der Waals surface area (Å²) in [5.74, 6) is 1.34. The molecule has 0 amide bonds. The van der Waals surface area contributed by atoms with Gasteiger partial charge in [0.2, 0.25) is 10.0 Å². The normalized spacial score (nSPS) is 21.4. The first-order chi connectivity index (χ1) is 16.0. The van der Waals surface area contributed by atoms with Gasteiger partial charge in [0.1, 0.15) is 5.75 Å². The third-order valence-electron chi connectivity index (χ3n) is 6.74. The summed E-state index contributed by atoms with van der Waals surface area (Å²) in [6.07, 6.45) is 5.38. The molecule has 0 fully saturated rings. The van der Waals surface area contributed by atoms with Gasteiger partial charge in [-0.2, -0.15) is 4.31 Å². The van der Waals surface area contributed by atoms with E-state index < -0.39 is 10.0 Å². The minimum atomic E-state index is -3.61. The van der Waals surface area contributed by atoms with Crippen LogP contribution in [0.5, 0.6) is 5.75 Å². The molecule has 1 heterocycles. The lowest BCUT2D eigenvalue weighted by Crippen LogP contribution is -2.30. The number of anilines is 1. The summed E-state index contributed by atoms with van der Waals surface area (Å²) in [6.45, 7) is 0.336. The van der Waals surface area contributed by atoms with Crippen LogP contribution < -0.4 is 10.1 Å². The van der Waals surface area contributed by atoms with Crippen LogP contribution in [0.4, 0.5) is 5.69 Å². The fourth-order valence-electron chi connectivity index (χ4n) is 5.00. The lowest BCUT2D eigenvalue weighted by atomic mass is 9.77. The lowest BCUT2D eigenvalue weighted by Gasteiger charge is -2.38. The molecular weight excluding hydrogens is 432 g/mol. The largest absolute Gasteiger partial charge is 0.497 e. The van der Waals surface area contributed by atoms with Gasteiger partial charge in [0.15, 0.2) is 0 Å². The van der Waals surface area contributed by atoms with E-state index >= 15 is 0 Å². The van der Waals surface area contributed by atoms with Gasteiger partial charge in [0.05, 0.1) is 18.0 Å². The zero-order valence-corrected chi connectivity index (χ0v) is 19.6. The number of sulfonamides is 1. The molecule has 0 radical (unpaired) electrons. The summed E-state index contributed by atoms with van der Waals surface area (Å²) < 4.78 is 33.5. The average Bonchev–Trinajstić information content (AvgIpc) is 3.34. The Kier molecular flexibility index (Phi) is 5.72. The maximum Gasteiger partial charge on any atom is 0.243 e. The van der Waals surface area contributed by atoms with E-state index in [1.54, 1.807) is 20.2 Å². The van der Waals surface area contributed by atoms with E-state index in [1.165, 1.54) is 9.87 Å². The van der Waals surface area contributed by atoms with Crippen LogP contribution in [0, 0.1) is 5.92 Å². The fraction of sp³-hybridized carbons (Fsp3) is 0.259. The first kappa shape index (κ1) is 21.7. The standard InChI is InChI=1S/C27H28N2O3S/c1-29(18-19-8-4-3-5-9-19)33(30,31)22-14-15-26-25(17-22)23-12-7-13-24(23)27(28-26)20-10-6-11-21(16-20)32-2/h3-12,14-17,23-24,27-28H,13,18H2,1-2H3. The van der Waals surface area contributed by atoms with Crippen molar-refractivity contribution in [3.63, 3.8) is 0 Å². The predicted molar refractivity (Wildman–Crippen MR) is 131 cm³/mol. The second-order valence-electron chi connectivity index (χ2n) is 8.75. The number of ether oxygens (including phenoxy) is 1. The van der Waals surface area contributed by atoms with Crippen LogP contribution in [0.2, 0.25) is 0 Å². The number of hydrogen-bond donors (Lipinski definition) is 1. The van der Waals surface area contributed by atoms with Gasteiger partial charge >= 0.3 is 0 Å². The quantitative estimate of drug-likeness (QED) is 0.504. The van der Waals surface area contributed by atoms with E-state index in [-0.39, 0.29) is 12.0 Å². The van der Waals surface area contributed by atoms with Gasteiger partial charge in [-0.1, -0.05) is 54.6 Å². The van der Waals surface area contributed by atoms with Crippen LogP contribution in [-0.4, -0.2) is 26.9 Å². The fourth-order valence-corrected chi connectivity index (χ4v) is 6.20. The van der Waals surface area contributed by atoms with Crippen molar-refractivity contribution in [2.75, 3.05) is 19.5 Å². The van der Waals surface area contributed by atoms with Crippen LogP contribution >= 0.6 is 0 Å². The lowest BCUT2D eigenvalue weighted by molar-refractivity contribution is 0.406. The number of benzene rings is 3. The highest BCUT2D eigenvalue weighted by Gasteiger charge is 2.38. The Morgan fingerprint density at radius 2 is 1.85 bits per heavy atom. The molecule has 3 aromatic rings. The van der Waals surface area contributed by atoms with Gasteiger partial charge in [0.25, 0.3) is 0 Å². The molecule has 3 aromatic carbocycles. The summed E-state index contributed by atoms with van der Waals surface area (Å²) in [6, 6.07) is 23.4. The van der Waals surface area contributed by atoms with E-state index in [4.69, 9.17) is 4.74 Å². The van der Waals surface area contributed by atoms with Crippen LogP contribution in [0.15, 0.2) is 89.8 Å². The molecule has 2 aliphatic rings. The Bertz CT molecular complexity index is 1290. The number of methoxy groups -OCH3 is 1. The number of allylic oxidation sites excluding steroid dienone is 2. The molecule has 0 saturated heterocycles. The van der Waals surface area contributed by atoms with Crippen molar-refractivity contribution in [1.29, 1.82) is 0 Å². The summed E-state index contributed by atoms with van der Waals surface area (Å²) in [4.78, 5) is 0.334. The molecule has 5 nitrogen and oxygen atoms in total. The molecule has 3 unspecified atom stereocenters. The Morgan fingerprint density at radius 3 is 2.64 bits per heavy atom. The van der Waals surface area contributed by atoms with Crippen LogP contribution in [0.1, 0.15) is 35.1 Å². The average molecular weight is 461 g/mol. The summed E-state index contributed by atoms with van der Waals surface area (Å²) in [5.41, 5.74) is 4.17. The molecule has 1 aliphatic heterocycles. The minimum Gasteiger partial charge on any atom is -0.497 e. The van der Waals surface area contributed by atoms with Gasteiger partial charge < -0.3 is 10.1 Å². The number of nitrogens with one attached hydrogen (secondary N) is 1. The van der Waals surface area contributed by atoms with E-state index in [1.807, 2.05) is 54.6 Å². The Labute approximate surface area is 195 Å². The van der Waals surface area contributed by atoms with Crippen molar-refractivity contribution in [3.8, 4) is 5.75 Å². The molecule has 0 bridgehead atoms. The van der Waals surface area contributed by atoms with E-state index in [0.717, 1.165) is 29.0 Å². The number of fused-ring (bicyclic) bond motifs is 3. The van der Waals surface area contributed by atoms with Crippen LogP contribution in [0.25, 0.3) is 0 Å². The second kappa shape index (κ2) is 8.69. The van der Waals surface area contributed by atoms with Crippen molar-refractivity contribution >= 4 is 15.7 Å². The monoisotopic (exact) mass is 460 g/mol. The molecule has 0 saturated carbocycles. The molecule has 3 atom stereocenters. The molecule has 170 valence electrons. The van der Waals surface area contributed by atoms with Gasteiger partial charge in [-0.05, 0) is 59.4 Å². The Morgan fingerprint density at radius 1 is 1.03 bits per heavy atom. The Hall–Kier alpha value is -3.09. The summed E-state index contributed by atoms with van der Waals surface area (Å²) in [5, 5.41) is 3.68. The van der Waals surface area contributed by atoms with Gasteiger partial charge in [-0.3, -0.25) is 0 Å². The molecular formula is C27H28N2O3S. The minimum absolute atomic E-state index is 0.135. The highest BCUT2D eigenvalue weighted by Crippen LogP contribution is 2.50. The molecule has 1 N–H and O–H groups in total. The van der Waals surface area contributed by atoms with Crippen LogP contribution in [0.3, 0.4) is 0 Å². The molecule has 6 heteroatoms. The number of hydrogen-bond acceptors (Lipinski definition) is 4. The molecule has 5 rings (SSSR count). The van der Waals surface area contributed by atoms with Crippen molar-refractivity contribution < 1.29 is 13.2 Å². The van der Waals surface area contributed by atoms with Crippen molar-refractivity contribution in [2.45, 2.75) is 29.8 Å². The maximum absolute atomic E-state index is 13.3. The first-order valence-corrected chi connectivity index (χ1v) is 12.6. The highest BCUT2D eigenvalue weighted by atomic mass is 32.2. The maximum atomic E-state index is 13.3. The van der Waals surface area contributed by atoms with Gasteiger partial charge in [-0.15, -0.1) is 0 Å². The molecule has 1 aliphatic carbocycles. The van der Waals surface area contributed by atoms with Gasteiger partial charge in [0, 0.05) is 25.2 Å². The van der Waals surface area contributed by atoms with Crippen molar-refractivity contribution in [2.24, 2.45) is 5.92 Å². The summed E-state index contributed by atoms with van der Waals surface area (Å²) in [7, 11) is -0.293. The molecule has 33 heavy (non-hydrogen) atoms. The van der Waals surface area contributed by atoms with Gasteiger partial charge in [-0.25, -0.2) is 8.42 Å². The summed E-state index contributed by atoms with van der Waals surface area (Å²) >= 11 is 0.